The fourth-order valence-electron chi connectivity index (χ4n) is 0.927. The average molecular weight is 317 g/mol. The first-order valence-electron chi connectivity index (χ1n) is 4.23. The van der Waals surface area contributed by atoms with Crippen LogP contribution in [0.4, 0.5) is 0 Å². The minimum absolute atomic E-state index is 0. The van der Waals surface area contributed by atoms with Gasteiger partial charge in [-0.05, 0) is 26.3 Å². The fourth-order valence-corrected chi connectivity index (χ4v) is 3.94. The summed E-state index contributed by atoms with van der Waals surface area (Å²) in [5.74, 6) is -0.228. The predicted octanol–water partition coefficient (Wildman–Crippen LogP) is -0.918. The van der Waals surface area contributed by atoms with Gasteiger partial charge in [-0.3, -0.25) is 14.0 Å². The summed E-state index contributed by atoms with van der Waals surface area (Å²) in [5.41, 5.74) is 0. The van der Waals surface area contributed by atoms with Crippen molar-refractivity contribution in [2.24, 2.45) is 0 Å². The van der Waals surface area contributed by atoms with Gasteiger partial charge >= 0.3 is 29.6 Å². The molecule has 0 radical (unpaired) electrons. The van der Waals surface area contributed by atoms with Crippen molar-refractivity contribution in [3.05, 3.63) is 0 Å². The summed E-state index contributed by atoms with van der Waals surface area (Å²) in [4.78, 5) is 1.30. The molecule has 0 saturated carbocycles. The maximum atomic E-state index is 10.9. The molecule has 0 rings (SSSR count). The van der Waals surface area contributed by atoms with Crippen molar-refractivity contribution < 1.29 is 25.9 Å². The molecule has 1 atom stereocenters. The van der Waals surface area contributed by atoms with Gasteiger partial charge in [0.2, 0.25) is 0 Å². The predicted molar refractivity (Wildman–Crippen MR) is 69.7 cm³/mol. The van der Waals surface area contributed by atoms with E-state index in [4.69, 9.17) is 9.11 Å². The van der Waals surface area contributed by atoms with E-state index in [1.807, 2.05) is 0 Å². The van der Waals surface area contributed by atoms with E-state index in [0.29, 0.717) is 0 Å². The van der Waals surface area contributed by atoms with Crippen molar-refractivity contribution >= 4 is 61.6 Å². The van der Waals surface area contributed by atoms with Crippen molar-refractivity contribution in [2.75, 3.05) is 25.6 Å². The fraction of sp³-hybridized carbons (Fsp3) is 1.00. The zero-order valence-corrected chi connectivity index (χ0v) is 11.3. The summed E-state index contributed by atoms with van der Waals surface area (Å²) in [7, 11) is -5.26. The van der Waals surface area contributed by atoms with Gasteiger partial charge in [0.25, 0.3) is 20.2 Å². The summed E-state index contributed by atoms with van der Waals surface area (Å²) in [5, 5.41) is 0. The molecule has 17 heavy (non-hydrogen) atoms. The van der Waals surface area contributed by atoms with Crippen LogP contribution >= 0.6 is 11.8 Å². The SMILES string of the molecule is CN(C)C(SCCCS(=O)(=O)O)S(=O)(=O)O.[NaH]. The minimum atomic E-state index is -4.20. The van der Waals surface area contributed by atoms with Crippen LogP contribution in [0.5, 0.6) is 0 Å². The third-order valence-electron chi connectivity index (χ3n) is 1.48. The third-order valence-corrected chi connectivity index (χ3v) is 5.59. The molecule has 0 spiro atoms. The number of hydrogen-bond acceptors (Lipinski definition) is 6. The van der Waals surface area contributed by atoms with Gasteiger partial charge in [-0.2, -0.15) is 16.8 Å². The molecule has 0 aliphatic carbocycles. The Bertz CT molecular complexity index is 405. The molecule has 0 saturated heterocycles. The van der Waals surface area contributed by atoms with Crippen LogP contribution in [-0.2, 0) is 20.2 Å². The molecule has 0 aliphatic rings. The summed E-state index contributed by atoms with van der Waals surface area (Å²) in [6.45, 7) is 0. The van der Waals surface area contributed by atoms with E-state index in [1.165, 1.54) is 19.0 Å². The van der Waals surface area contributed by atoms with Crippen molar-refractivity contribution in [3.8, 4) is 0 Å². The summed E-state index contributed by atoms with van der Waals surface area (Å²) >= 11 is 0.890. The van der Waals surface area contributed by atoms with Crippen molar-refractivity contribution in [3.63, 3.8) is 0 Å². The molecule has 0 heterocycles. The van der Waals surface area contributed by atoms with E-state index in [1.54, 1.807) is 0 Å². The quantitative estimate of drug-likeness (QED) is 0.268. The molecular weight excluding hydrogens is 301 g/mol. The molecule has 0 aliphatic heterocycles. The molecule has 0 fully saturated rings. The molecule has 0 amide bonds. The zero-order chi connectivity index (χ0) is 13.0. The van der Waals surface area contributed by atoms with E-state index in [0.717, 1.165) is 11.8 Å². The first-order chi connectivity index (χ1) is 7.04. The first-order valence-corrected chi connectivity index (χ1v) is 8.39. The molecule has 2 N–H and O–H groups in total. The molecule has 0 bridgehead atoms. The van der Waals surface area contributed by atoms with Crippen molar-refractivity contribution in [2.45, 2.75) is 11.1 Å². The molecule has 0 aromatic heterocycles. The number of hydrogen-bond donors (Lipinski definition) is 2. The van der Waals surface area contributed by atoms with Crippen LogP contribution in [0.1, 0.15) is 6.42 Å². The van der Waals surface area contributed by atoms with Gasteiger partial charge in [-0.1, -0.05) is 0 Å². The first kappa shape index (κ1) is 20.4. The molecule has 11 heteroatoms. The Morgan fingerprint density at radius 1 is 1.18 bits per heavy atom. The van der Waals surface area contributed by atoms with E-state index in [2.05, 4.69) is 0 Å². The van der Waals surface area contributed by atoms with E-state index in [-0.39, 0.29) is 41.7 Å². The van der Waals surface area contributed by atoms with Gasteiger partial charge in [-0.25, -0.2) is 0 Å². The van der Waals surface area contributed by atoms with Crippen LogP contribution in [0, 0.1) is 0 Å². The normalized spacial score (nSPS) is 14.4. The Labute approximate surface area is 128 Å². The Morgan fingerprint density at radius 3 is 1.94 bits per heavy atom. The van der Waals surface area contributed by atoms with E-state index in [9.17, 15) is 16.8 Å². The van der Waals surface area contributed by atoms with Crippen molar-refractivity contribution in [1.82, 2.24) is 4.90 Å². The second-order valence-corrected chi connectivity index (χ2v) is 7.83. The van der Waals surface area contributed by atoms with Crippen LogP contribution in [0.3, 0.4) is 0 Å². The average Bonchev–Trinajstić information content (AvgIpc) is 1.97. The van der Waals surface area contributed by atoms with Gasteiger partial charge in [-0.15, -0.1) is 11.8 Å². The Morgan fingerprint density at radius 2 is 1.65 bits per heavy atom. The van der Waals surface area contributed by atoms with Crippen LogP contribution < -0.4 is 0 Å². The number of rotatable bonds is 7. The molecule has 7 nitrogen and oxygen atoms in total. The maximum absolute atomic E-state index is 10.9. The van der Waals surface area contributed by atoms with E-state index < -0.39 is 30.7 Å². The molecule has 100 valence electrons. The van der Waals surface area contributed by atoms with Gasteiger partial charge in [0, 0.05) is 0 Å². The Balaban J connectivity index is 0. The molecule has 0 aromatic rings. The van der Waals surface area contributed by atoms with Gasteiger partial charge in [0.15, 0.2) is 4.71 Å². The summed E-state index contributed by atoms with van der Waals surface area (Å²) in [6, 6.07) is 0. The molecule has 0 aromatic carbocycles. The second kappa shape index (κ2) is 8.33. The zero-order valence-electron chi connectivity index (χ0n) is 8.90. The molecule has 1 unspecified atom stereocenters. The monoisotopic (exact) mass is 317 g/mol. The summed E-state index contributed by atoms with van der Waals surface area (Å²) < 4.78 is 58.7. The third kappa shape index (κ3) is 10.7. The van der Waals surface area contributed by atoms with E-state index >= 15 is 0 Å². The number of nitrogens with zero attached hydrogens (tertiary/aromatic N) is 1. The topological polar surface area (TPSA) is 112 Å². The molecular formula is C6H16NNaO6S3. The van der Waals surface area contributed by atoms with Gasteiger partial charge in [0.1, 0.15) is 0 Å². The van der Waals surface area contributed by atoms with Gasteiger partial charge in [0.05, 0.1) is 5.75 Å². The Hall–Kier alpha value is 1.13. The van der Waals surface area contributed by atoms with Crippen LogP contribution in [0.25, 0.3) is 0 Å². The van der Waals surface area contributed by atoms with Crippen LogP contribution in [0.15, 0.2) is 0 Å². The second-order valence-electron chi connectivity index (χ2n) is 3.30. The van der Waals surface area contributed by atoms with Crippen LogP contribution in [-0.4, -0.2) is 90.7 Å². The Kier molecular flexibility index (Phi) is 10.0. The number of thioether (sulfide) groups is 1. The van der Waals surface area contributed by atoms with Crippen molar-refractivity contribution in [1.29, 1.82) is 0 Å². The standard InChI is InChI=1S/C6H15NO6S3.Na.H/c1-7(2)6(16(11,12)13)14-4-3-5-15(8,9)10;;/h6H,3-5H2,1-2H3,(H,8,9,10)(H,11,12,13);;. The van der Waals surface area contributed by atoms with Gasteiger partial charge < -0.3 is 0 Å². The summed E-state index contributed by atoms with van der Waals surface area (Å²) in [6.07, 6.45) is 0.114. The van der Waals surface area contributed by atoms with Crippen LogP contribution in [0.2, 0.25) is 0 Å².